The summed E-state index contributed by atoms with van der Waals surface area (Å²) in [6, 6.07) is 4.00. The van der Waals surface area contributed by atoms with Crippen LogP contribution in [0.3, 0.4) is 0 Å². The number of rotatable bonds is 5. The number of hydrogen-bond donors (Lipinski definition) is 2. The summed E-state index contributed by atoms with van der Waals surface area (Å²) in [5.41, 5.74) is 7.07. The predicted molar refractivity (Wildman–Crippen MR) is 99.0 cm³/mol. The van der Waals surface area contributed by atoms with Crippen LogP contribution in [0.4, 0.5) is 5.82 Å². The van der Waals surface area contributed by atoms with Crippen molar-refractivity contribution in [2.45, 2.75) is 57.2 Å². The highest BCUT2D eigenvalue weighted by atomic mass is 16.3. The maximum atomic E-state index is 10.7. The zero-order valence-corrected chi connectivity index (χ0v) is 15.2. The van der Waals surface area contributed by atoms with Crippen LogP contribution in [-0.4, -0.2) is 43.1 Å². The first-order valence-electron chi connectivity index (χ1n) is 9.67. The van der Waals surface area contributed by atoms with Crippen molar-refractivity contribution < 1.29 is 5.11 Å². The average molecular weight is 356 g/mol. The minimum absolute atomic E-state index is 0.536. The summed E-state index contributed by atoms with van der Waals surface area (Å²) < 4.78 is 1.91. The van der Waals surface area contributed by atoms with E-state index in [0.29, 0.717) is 11.7 Å². The van der Waals surface area contributed by atoms with Crippen molar-refractivity contribution in [2.24, 2.45) is 5.92 Å². The molecule has 1 unspecified atom stereocenters. The van der Waals surface area contributed by atoms with Gasteiger partial charge in [0.1, 0.15) is 17.1 Å². The van der Waals surface area contributed by atoms with Crippen molar-refractivity contribution >= 4 is 5.82 Å². The van der Waals surface area contributed by atoms with Gasteiger partial charge in [-0.15, -0.1) is 5.10 Å². The summed E-state index contributed by atoms with van der Waals surface area (Å²) in [5.74, 6) is 1.16. The molecule has 3 heterocycles. The first-order chi connectivity index (χ1) is 12.6. The molecular weight excluding hydrogens is 328 g/mol. The largest absolute Gasteiger partial charge is 0.383 e. The van der Waals surface area contributed by atoms with Gasteiger partial charge in [-0.2, -0.15) is 0 Å². The van der Waals surface area contributed by atoms with Crippen molar-refractivity contribution in [1.82, 2.24) is 24.9 Å². The van der Waals surface area contributed by atoms with Gasteiger partial charge in [-0.25, -0.2) is 4.98 Å². The molecule has 3 N–H and O–H groups in total. The number of nitrogen functional groups attached to an aromatic ring is 1. The topological polar surface area (TPSA) is 93.1 Å². The first kappa shape index (κ1) is 17.4. The van der Waals surface area contributed by atoms with E-state index >= 15 is 0 Å². The first-order valence-corrected chi connectivity index (χ1v) is 9.67. The number of likely N-dealkylation sites (tertiary alicyclic amines) is 1. The molecule has 1 saturated heterocycles. The summed E-state index contributed by atoms with van der Waals surface area (Å²) in [6.07, 6.45) is 9.79. The van der Waals surface area contributed by atoms with Crippen molar-refractivity contribution in [2.75, 3.05) is 18.8 Å². The Kier molecular flexibility index (Phi) is 4.91. The van der Waals surface area contributed by atoms with E-state index in [2.05, 4.69) is 26.3 Å². The maximum absolute atomic E-state index is 10.7. The van der Waals surface area contributed by atoms with Gasteiger partial charge < -0.3 is 10.8 Å². The molecular formula is C19H28N6O. The van der Waals surface area contributed by atoms with Crippen molar-refractivity contribution in [3.8, 4) is 0 Å². The van der Waals surface area contributed by atoms with Crippen LogP contribution in [0.1, 0.15) is 49.8 Å². The van der Waals surface area contributed by atoms with Gasteiger partial charge in [-0.1, -0.05) is 24.1 Å². The molecule has 0 bridgehead atoms. The van der Waals surface area contributed by atoms with E-state index in [1.165, 1.54) is 12.8 Å². The number of aliphatic hydroxyl groups is 1. The third kappa shape index (κ3) is 3.73. The van der Waals surface area contributed by atoms with Crippen LogP contribution in [0.2, 0.25) is 0 Å². The Balaban J connectivity index is 1.36. The monoisotopic (exact) mass is 356 g/mol. The Labute approximate surface area is 154 Å². The van der Waals surface area contributed by atoms with Gasteiger partial charge in [-0.05, 0) is 44.2 Å². The van der Waals surface area contributed by atoms with E-state index < -0.39 is 5.60 Å². The molecule has 1 aliphatic carbocycles. The fourth-order valence-electron chi connectivity index (χ4n) is 4.35. The average Bonchev–Trinajstić information content (AvgIpc) is 3.28. The normalized spacial score (nSPS) is 23.3. The summed E-state index contributed by atoms with van der Waals surface area (Å²) in [4.78, 5) is 6.63. The van der Waals surface area contributed by atoms with E-state index in [-0.39, 0.29) is 0 Å². The number of nitrogens with two attached hydrogens (primary N) is 1. The molecule has 2 aromatic heterocycles. The highest BCUT2D eigenvalue weighted by Crippen LogP contribution is 2.37. The lowest BCUT2D eigenvalue weighted by Gasteiger charge is -2.32. The summed E-state index contributed by atoms with van der Waals surface area (Å²) in [6.45, 7) is 3.81. The number of aromatic nitrogens is 4. The zero-order valence-electron chi connectivity index (χ0n) is 15.2. The molecule has 0 radical (unpaired) electrons. The van der Waals surface area contributed by atoms with Gasteiger partial charge in [0.15, 0.2) is 0 Å². The molecule has 4 rings (SSSR count). The van der Waals surface area contributed by atoms with Crippen LogP contribution < -0.4 is 5.73 Å². The second kappa shape index (κ2) is 7.32. The van der Waals surface area contributed by atoms with Crippen LogP contribution in [0.25, 0.3) is 0 Å². The lowest BCUT2D eigenvalue weighted by molar-refractivity contribution is 0.0398. The molecule has 7 nitrogen and oxygen atoms in total. The maximum Gasteiger partial charge on any atom is 0.127 e. The second-order valence-electron chi connectivity index (χ2n) is 7.86. The SMILES string of the molecule is Nc1ncccc1CN1CCCC(Cn2cc(C3(O)CCCC3)nn2)C1. The van der Waals surface area contributed by atoms with E-state index in [1.807, 2.05) is 16.9 Å². The standard InChI is InChI=1S/C19H28N6O/c20-18-16(6-3-9-21-18)13-24-10-4-5-15(11-24)12-25-14-17(22-23-25)19(26)7-1-2-8-19/h3,6,9,14-15,26H,1-2,4-5,7-8,10-13H2,(H2,20,21). The van der Waals surface area contributed by atoms with E-state index in [9.17, 15) is 5.11 Å². The van der Waals surface area contributed by atoms with Crippen LogP contribution in [0.15, 0.2) is 24.5 Å². The molecule has 2 fully saturated rings. The smallest absolute Gasteiger partial charge is 0.127 e. The van der Waals surface area contributed by atoms with E-state index in [4.69, 9.17) is 5.73 Å². The summed E-state index contributed by atoms with van der Waals surface area (Å²) >= 11 is 0. The molecule has 7 heteroatoms. The van der Waals surface area contributed by atoms with Gasteiger partial charge in [0.2, 0.25) is 0 Å². The summed E-state index contributed by atoms with van der Waals surface area (Å²) in [5, 5.41) is 19.2. The number of nitrogens with zero attached hydrogens (tertiary/aromatic N) is 5. The fraction of sp³-hybridized carbons (Fsp3) is 0.632. The Morgan fingerprint density at radius 3 is 2.92 bits per heavy atom. The Morgan fingerprint density at radius 1 is 1.27 bits per heavy atom. The molecule has 0 aromatic carbocycles. The fourth-order valence-corrected chi connectivity index (χ4v) is 4.35. The van der Waals surface area contributed by atoms with E-state index in [0.717, 1.165) is 63.1 Å². The number of pyridine rings is 1. The van der Waals surface area contributed by atoms with Crippen LogP contribution in [0, 0.1) is 5.92 Å². The third-order valence-electron chi connectivity index (χ3n) is 5.81. The van der Waals surface area contributed by atoms with Crippen LogP contribution >= 0.6 is 0 Å². The number of piperidine rings is 1. The molecule has 0 amide bonds. The molecule has 2 aliphatic rings. The molecule has 0 spiro atoms. The lowest BCUT2D eigenvalue weighted by atomic mass is 9.97. The molecule has 140 valence electrons. The molecule has 1 aliphatic heterocycles. The molecule has 26 heavy (non-hydrogen) atoms. The third-order valence-corrected chi connectivity index (χ3v) is 5.81. The molecule has 2 aromatic rings. The minimum atomic E-state index is -0.755. The highest BCUT2D eigenvalue weighted by molar-refractivity contribution is 5.38. The van der Waals surface area contributed by atoms with Gasteiger partial charge in [0.05, 0.1) is 6.20 Å². The Bertz CT molecular complexity index is 739. The van der Waals surface area contributed by atoms with E-state index in [1.54, 1.807) is 6.20 Å². The quantitative estimate of drug-likeness (QED) is 0.850. The summed E-state index contributed by atoms with van der Waals surface area (Å²) in [7, 11) is 0. The van der Waals surface area contributed by atoms with Gasteiger partial charge in [-0.3, -0.25) is 9.58 Å². The molecule has 1 saturated carbocycles. The Morgan fingerprint density at radius 2 is 2.12 bits per heavy atom. The van der Waals surface area contributed by atoms with Crippen molar-refractivity contribution in [3.63, 3.8) is 0 Å². The number of anilines is 1. The van der Waals surface area contributed by atoms with Crippen molar-refractivity contribution in [1.29, 1.82) is 0 Å². The van der Waals surface area contributed by atoms with Crippen molar-refractivity contribution in [3.05, 3.63) is 35.8 Å². The minimum Gasteiger partial charge on any atom is -0.383 e. The van der Waals surface area contributed by atoms with Gasteiger partial charge in [0, 0.05) is 31.4 Å². The lowest BCUT2D eigenvalue weighted by Crippen LogP contribution is -2.36. The number of hydrogen-bond acceptors (Lipinski definition) is 6. The predicted octanol–water partition coefficient (Wildman–Crippen LogP) is 1.93. The van der Waals surface area contributed by atoms with Crippen LogP contribution in [0.5, 0.6) is 0 Å². The van der Waals surface area contributed by atoms with Crippen LogP contribution in [-0.2, 0) is 18.7 Å². The Hall–Kier alpha value is -1.99. The molecule has 1 atom stereocenters. The second-order valence-corrected chi connectivity index (χ2v) is 7.86. The highest BCUT2D eigenvalue weighted by Gasteiger charge is 2.36. The zero-order chi connectivity index (χ0) is 18.0. The van der Waals surface area contributed by atoms with Gasteiger partial charge in [0.25, 0.3) is 0 Å². The van der Waals surface area contributed by atoms with Gasteiger partial charge >= 0.3 is 0 Å².